The van der Waals surface area contributed by atoms with Crippen molar-refractivity contribution in [3.05, 3.63) is 102 Å². The predicted molar refractivity (Wildman–Crippen MR) is 122 cm³/mol. The van der Waals surface area contributed by atoms with E-state index < -0.39 is 7.92 Å². The first-order chi connectivity index (χ1) is 13.0. The second-order valence-corrected chi connectivity index (χ2v) is 9.50. The third-order valence-corrected chi connectivity index (χ3v) is 7.55. The summed E-state index contributed by atoms with van der Waals surface area (Å²) in [5, 5.41) is 6.59. The van der Waals surface area contributed by atoms with Crippen molar-refractivity contribution < 1.29 is 0 Å². The Kier molecular flexibility index (Phi) is 6.14. The zero-order chi connectivity index (χ0) is 19.4. The van der Waals surface area contributed by atoms with Crippen LogP contribution in [-0.4, -0.2) is 5.78 Å². The standard InChI is InChI=1S/C25H28NP/c1-18(2)25(26-24-20(4)16-19(3)17-21(24)5)27(22-12-8-6-9-13-22)23-14-10-7-11-15-23/h6-17,25-26H,1H2,2-5H3. The van der Waals surface area contributed by atoms with Crippen molar-refractivity contribution in [2.75, 3.05) is 5.32 Å². The number of rotatable bonds is 6. The Balaban J connectivity index is 2.09. The fourth-order valence-corrected chi connectivity index (χ4v) is 6.16. The third kappa shape index (κ3) is 4.49. The molecule has 0 radical (unpaired) electrons. The molecule has 1 unspecified atom stereocenters. The van der Waals surface area contributed by atoms with Crippen LogP contribution in [-0.2, 0) is 0 Å². The monoisotopic (exact) mass is 373 g/mol. The fourth-order valence-electron chi connectivity index (χ4n) is 3.58. The molecule has 1 atom stereocenters. The Labute approximate surface area is 164 Å². The van der Waals surface area contributed by atoms with Gasteiger partial charge in [-0.05, 0) is 57.4 Å². The summed E-state index contributed by atoms with van der Waals surface area (Å²) in [6, 6.07) is 26.1. The molecule has 1 nitrogen and oxygen atoms in total. The van der Waals surface area contributed by atoms with E-state index in [1.54, 1.807) is 0 Å². The topological polar surface area (TPSA) is 12.0 Å². The molecule has 3 aromatic carbocycles. The Bertz CT molecular complexity index is 853. The summed E-state index contributed by atoms with van der Waals surface area (Å²) in [5.41, 5.74) is 6.27. The van der Waals surface area contributed by atoms with Gasteiger partial charge in [-0.25, -0.2) is 0 Å². The quantitative estimate of drug-likeness (QED) is 0.409. The molecular weight excluding hydrogens is 345 g/mol. The van der Waals surface area contributed by atoms with Crippen molar-refractivity contribution >= 4 is 24.2 Å². The Morgan fingerprint density at radius 2 is 1.26 bits per heavy atom. The molecule has 0 aliphatic carbocycles. The van der Waals surface area contributed by atoms with Gasteiger partial charge in [0.1, 0.15) is 0 Å². The van der Waals surface area contributed by atoms with Gasteiger partial charge in [0.25, 0.3) is 0 Å². The minimum Gasteiger partial charge on any atom is -0.374 e. The molecular formula is C25H28NP. The average Bonchev–Trinajstić information content (AvgIpc) is 2.65. The molecule has 0 amide bonds. The van der Waals surface area contributed by atoms with Crippen molar-refractivity contribution in [3.8, 4) is 0 Å². The average molecular weight is 373 g/mol. The molecule has 138 valence electrons. The van der Waals surface area contributed by atoms with E-state index in [2.05, 4.69) is 112 Å². The zero-order valence-corrected chi connectivity index (χ0v) is 17.6. The molecule has 2 heteroatoms. The van der Waals surface area contributed by atoms with Crippen molar-refractivity contribution in [1.29, 1.82) is 0 Å². The first-order valence-electron chi connectivity index (χ1n) is 9.36. The number of benzene rings is 3. The van der Waals surface area contributed by atoms with E-state index >= 15 is 0 Å². The minimum absolute atomic E-state index is 0.171. The summed E-state index contributed by atoms with van der Waals surface area (Å²) in [6.45, 7) is 13.0. The highest BCUT2D eigenvalue weighted by atomic mass is 31.1. The van der Waals surface area contributed by atoms with Gasteiger partial charge in [0, 0.05) is 5.69 Å². The Hall–Kier alpha value is -2.37. The van der Waals surface area contributed by atoms with E-state index in [9.17, 15) is 0 Å². The van der Waals surface area contributed by atoms with Gasteiger partial charge >= 0.3 is 0 Å². The van der Waals surface area contributed by atoms with E-state index in [0.717, 1.165) is 5.57 Å². The lowest BCUT2D eigenvalue weighted by molar-refractivity contribution is 1.11. The van der Waals surface area contributed by atoms with Crippen LogP contribution < -0.4 is 15.9 Å². The third-order valence-electron chi connectivity index (χ3n) is 4.75. The maximum atomic E-state index is 4.35. The summed E-state index contributed by atoms with van der Waals surface area (Å²) in [7, 11) is -0.621. The molecule has 0 fully saturated rings. The first kappa shape index (κ1) is 19.4. The van der Waals surface area contributed by atoms with Crippen molar-refractivity contribution in [2.45, 2.75) is 33.5 Å². The maximum Gasteiger partial charge on any atom is 0.0747 e. The highest BCUT2D eigenvalue weighted by molar-refractivity contribution is 7.74. The van der Waals surface area contributed by atoms with Gasteiger partial charge in [-0.3, -0.25) is 0 Å². The van der Waals surface area contributed by atoms with E-state index in [4.69, 9.17) is 0 Å². The highest BCUT2D eigenvalue weighted by Gasteiger charge is 2.26. The molecule has 0 aliphatic rings. The summed E-state index contributed by atoms with van der Waals surface area (Å²) < 4.78 is 0. The number of anilines is 1. The molecule has 1 N–H and O–H groups in total. The van der Waals surface area contributed by atoms with Crippen LogP contribution in [0.2, 0.25) is 0 Å². The SMILES string of the molecule is C=C(C)C(Nc1c(C)cc(C)cc1C)P(c1ccccc1)c1ccccc1. The highest BCUT2D eigenvalue weighted by Crippen LogP contribution is 2.43. The lowest BCUT2D eigenvalue weighted by Crippen LogP contribution is -2.29. The zero-order valence-electron chi connectivity index (χ0n) is 16.7. The van der Waals surface area contributed by atoms with Crippen LogP contribution in [0.15, 0.2) is 84.9 Å². The van der Waals surface area contributed by atoms with Crippen molar-refractivity contribution in [2.24, 2.45) is 0 Å². The summed E-state index contributed by atoms with van der Waals surface area (Å²) in [4.78, 5) is 0. The normalized spacial score (nSPS) is 12.0. The number of nitrogens with one attached hydrogen (secondary N) is 1. The number of hydrogen-bond donors (Lipinski definition) is 1. The number of aryl methyl sites for hydroxylation is 3. The summed E-state index contributed by atoms with van der Waals surface area (Å²) in [6.07, 6.45) is 0. The molecule has 0 aliphatic heterocycles. The van der Waals surface area contributed by atoms with E-state index in [1.807, 2.05) is 0 Å². The minimum atomic E-state index is -0.621. The van der Waals surface area contributed by atoms with Gasteiger partial charge in [0.05, 0.1) is 5.78 Å². The van der Waals surface area contributed by atoms with Gasteiger partial charge < -0.3 is 5.32 Å². The van der Waals surface area contributed by atoms with E-state index in [-0.39, 0.29) is 5.78 Å². The molecule has 3 aromatic rings. The maximum absolute atomic E-state index is 4.35. The van der Waals surface area contributed by atoms with Crippen molar-refractivity contribution in [3.63, 3.8) is 0 Å². The predicted octanol–water partition coefficient (Wildman–Crippen LogP) is 6.06. The van der Waals surface area contributed by atoms with Gasteiger partial charge in [-0.15, -0.1) is 0 Å². The molecule has 0 bridgehead atoms. The smallest absolute Gasteiger partial charge is 0.0747 e. The van der Waals surface area contributed by atoms with Crippen LogP contribution in [0.3, 0.4) is 0 Å². The summed E-state index contributed by atoms with van der Waals surface area (Å²) in [5.74, 6) is 0.171. The van der Waals surface area contributed by atoms with Gasteiger partial charge in [0.15, 0.2) is 0 Å². The molecule has 0 aromatic heterocycles. The Morgan fingerprint density at radius 3 is 1.67 bits per heavy atom. The molecule has 0 saturated heterocycles. The Morgan fingerprint density at radius 1 is 0.815 bits per heavy atom. The first-order valence-corrected chi connectivity index (χ1v) is 10.8. The van der Waals surface area contributed by atoms with E-state index in [1.165, 1.54) is 33.0 Å². The van der Waals surface area contributed by atoms with Gasteiger partial charge in [0.2, 0.25) is 0 Å². The molecule has 0 heterocycles. The number of hydrogen-bond acceptors (Lipinski definition) is 1. The summed E-state index contributed by atoms with van der Waals surface area (Å²) >= 11 is 0. The lowest BCUT2D eigenvalue weighted by atomic mass is 10.0. The molecule has 0 saturated carbocycles. The van der Waals surface area contributed by atoms with Gasteiger partial charge in [-0.1, -0.05) is 90.5 Å². The fraction of sp³-hybridized carbons (Fsp3) is 0.200. The van der Waals surface area contributed by atoms with Crippen LogP contribution in [0.1, 0.15) is 23.6 Å². The van der Waals surface area contributed by atoms with Crippen LogP contribution >= 0.6 is 7.92 Å². The van der Waals surface area contributed by atoms with E-state index in [0.29, 0.717) is 0 Å². The van der Waals surface area contributed by atoms with Crippen molar-refractivity contribution in [1.82, 2.24) is 0 Å². The van der Waals surface area contributed by atoms with Crippen LogP contribution in [0.4, 0.5) is 5.69 Å². The molecule has 3 rings (SSSR count). The van der Waals surface area contributed by atoms with Crippen LogP contribution in [0.5, 0.6) is 0 Å². The molecule has 27 heavy (non-hydrogen) atoms. The van der Waals surface area contributed by atoms with Crippen LogP contribution in [0.25, 0.3) is 0 Å². The van der Waals surface area contributed by atoms with Gasteiger partial charge in [-0.2, -0.15) is 0 Å². The lowest BCUT2D eigenvalue weighted by Gasteiger charge is -2.32. The second kappa shape index (κ2) is 8.55. The second-order valence-electron chi connectivity index (χ2n) is 7.21. The largest absolute Gasteiger partial charge is 0.374 e. The molecule has 0 spiro atoms. The van der Waals surface area contributed by atoms with Crippen LogP contribution in [0, 0.1) is 20.8 Å².